The summed E-state index contributed by atoms with van der Waals surface area (Å²) in [6.45, 7) is 0. The van der Waals surface area contributed by atoms with Crippen LogP contribution < -0.4 is 10.5 Å². The van der Waals surface area contributed by atoms with Crippen LogP contribution in [0.5, 0.6) is 5.75 Å². The summed E-state index contributed by atoms with van der Waals surface area (Å²) in [5.74, 6) is 0.537. The van der Waals surface area contributed by atoms with Gasteiger partial charge in [0.15, 0.2) is 6.29 Å². The summed E-state index contributed by atoms with van der Waals surface area (Å²) < 4.78 is 4.90. The van der Waals surface area contributed by atoms with Crippen molar-refractivity contribution in [2.45, 2.75) is 0 Å². The minimum atomic E-state index is 0. The molecule has 0 aliphatic heterocycles. The quantitative estimate of drug-likeness (QED) is 0.448. The molecule has 66 valence electrons. The minimum Gasteiger partial charge on any atom is -0.495 e. The Labute approximate surface area is 81.4 Å². The molecule has 0 atom stereocenters. The van der Waals surface area contributed by atoms with E-state index in [1.54, 1.807) is 18.2 Å². The maximum Gasteiger partial charge on any atom is 0.152 e. The van der Waals surface area contributed by atoms with Gasteiger partial charge in [-0.2, -0.15) is 0 Å². The number of nitrogen functional groups attached to an aromatic ring is 1. The van der Waals surface area contributed by atoms with Crippen molar-refractivity contribution in [3.05, 3.63) is 23.8 Å². The SMILES string of the molecule is COc1cccc(C=O)c1N.[Fe]. The second kappa shape index (κ2) is 4.80. The van der Waals surface area contributed by atoms with Crippen molar-refractivity contribution in [1.29, 1.82) is 0 Å². The molecule has 0 saturated carbocycles. The van der Waals surface area contributed by atoms with Crippen LogP contribution >= 0.6 is 0 Å². The molecule has 0 aliphatic rings. The Hall–Kier alpha value is -0.991. The van der Waals surface area contributed by atoms with E-state index in [1.165, 1.54) is 7.11 Å². The molecule has 0 bridgehead atoms. The number of hydrogen-bond donors (Lipinski definition) is 1. The molecule has 0 radical (unpaired) electrons. The zero-order chi connectivity index (χ0) is 8.27. The molecule has 2 N–H and O–H groups in total. The van der Waals surface area contributed by atoms with Crippen LogP contribution in [0.15, 0.2) is 18.2 Å². The third-order valence-electron chi connectivity index (χ3n) is 1.45. The molecule has 3 nitrogen and oxygen atoms in total. The molecule has 0 aliphatic carbocycles. The Morgan fingerprint density at radius 1 is 1.50 bits per heavy atom. The molecular formula is C8H9FeNO2. The first-order valence-corrected chi connectivity index (χ1v) is 3.17. The van der Waals surface area contributed by atoms with E-state index >= 15 is 0 Å². The number of carbonyl (C=O) groups excluding carboxylic acids is 1. The summed E-state index contributed by atoms with van der Waals surface area (Å²) >= 11 is 0. The van der Waals surface area contributed by atoms with E-state index in [4.69, 9.17) is 10.5 Å². The van der Waals surface area contributed by atoms with Gasteiger partial charge in [-0.25, -0.2) is 0 Å². The summed E-state index contributed by atoms with van der Waals surface area (Å²) in [7, 11) is 1.51. The maximum absolute atomic E-state index is 10.4. The first kappa shape index (κ1) is 11.0. The predicted molar refractivity (Wildman–Crippen MR) is 42.8 cm³/mol. The zero-order valence-electron chi connectivity index (χ0n) is 6.56. The molecule has 0 heterocycles. The number of benzene rings is 1. The average Bonchev–Trinajstić information content (AvgIpc) is 2.05. The number of aldehydes is 1. The fourth-order valence-corrected chi connectivity index (χ4v) is 0.842. The Morgan fingerprint density at radius 3 is 2.67 bits per heavy atom. The van der Waals surface area contributed by atoms with Crippen molar-refractivity contribution in [3.8, 4) is 5.75 Å². The van der Waals surface area contributed by atoms with E-state index in [2.05, 4.69) is 0 Å². The second-order valence-corrected chi connectivity index (χ2v) is 2.08. The Balaban J connectivity index is 0.00000121. The molecule has 1 rings (SSSR count). The van der Waals surface area contributed by atoms with Gasteiger partial charge >= 0.3 is 0 Å². The van der Waals surface area contributed by atoms with Gasteiger partial charge in [0.25, 0.3) is 0 Å². The standard InChI is InChI=1S/C8H9NO2.Fe/c1-11-7-4-2-3-6(5-10)8(7)9;/h2-5H,9H2,1H3;. The van der Waals surface area contributed by atoms with Gasteiger partial charge < -0.3 is 10.5 Å². The van der Waals surface area contributed by atoms with Gasteiger partial charge in [0, 0.05) is 22.6 Å². The zero-order valence-corrected chi connectivity index (χ0v) is 7.66. The predicted octanol–water partition coefficient (Wildman–Crippen LogP) is 1.09. The average molecular weight is 207 g/mol. The molecule has 1 aromatic carbocycles. The smallest absolute Gasteiger partial charge is 0.152 e. The second-order valence-electron chi connectivity index (χ2n) is 2.08. The van der Waals surface area contributed by atoms with Crippen LogP contribution in [0.1, 0.15) is 10.4 Å². The van der Waals surface area contributed by atoms with Gasteiger partial charge in [-0.05, 0) is 12.1 Å². The number of ether oxygens (including phenoxy) is 1. The Kier molecular flexibility index (Phi) is 4.40. The van der Waals surface area contributed by atoms with Crippen LogP contribution in [0.25, 0.3) is 0 Å². The molecule has 0 amide bonds. The van der Waals surface area contributed by atoms with Crippen LogP contribution in [0.4, 0.5) is 5.69 Å². The van der Waals surface area contributed by atoms with Crippen LogP contribution in [0.3, 0.4) is 0 Å². The topological polar surface area (TPSA) is 52.3 Å². The minimum absolute atomic E-state index is 0. The van der Waals surface area contributed by atoms with Crippen molar-refractivity contribution < 1.29 is 26.6 Å². The van der Waals surface area contributed by atoms with Gasteiger partial charge in [0.05, 0.1) is 12.8 Å². The molecule has 0 fully saturated rings. The van der Waals surface area contributed by atoms with E-state index in [0.717, 1.165) is 0 Å². The van der Waals surface area contributed by atoms with Gasteiger partial charge in [-0.15, -0.1) is 0 Å². The van der Waals surface area contributed by atoms with Gasteiger partial charge in [-0.3, -0.25) is 4.79 Å². The number of para-hydroxylation sites is 1. The van der Waals surface area contributed by atoms with E-state index < -0.39 is 0 Å². The molecule has 0 saturated heterocycles. The van der Waals surface area contributed by atoms with Crippen LogP contribution in [-0.4, -0.2) is 13.4 Å². The van der Waals surface area contributed by atoms with Crippen molar-refractivity contribution in [3.63, 3.8) is 0 Å². The fourth-order valence-electron chi connectivity index (χ4n) is 0.842. The van der Waals surface area contributed by atoms with Crippen molar-refractivity contribution in [2.24, 2.45) is 0 Å². The van der Waals surface area contributed by atoms with E-state index in [0.29, 0.717) is 23.3 Å². The normalized spacial score (nSPS) is 8.42. The summed E-state index contributed by atoms with van der Waals surface area (Å²) in [5, 5.41) is 0. The van der Waals surface area contributed by atoms with Crippen LogP contribution in [0, 0.1) is 0 Å². The monoisotopic (exact) mass is 207 g/mol. The first-order chi connectivity index (χ1) is 5.29. The summed E-state index contributed by atoms with van der Waals surface area (Å²) in [4.78, 5) is 10.4. The van der Waals surface area contributed by atoms with Crippen molar-refractivity contribution in [2.75, 3.05) is 12.8 Å². The number of anilines is 1. The third kappa shape index (κ3) is 2.00. The largest absolute Gasteiger partial charge is 0.495 e. The third-order valence-corrected chi connectivity index (χ3v) is 1.45. The molecule has 0 spiro atoms. The Morgan fingerprint density at radius 2 is 2.17 bits per heavy atom. The summed E-state index contributed by atoms with van der Waals surface area (Å²) in [6, 6.07) is 5.08. The van der Waals surface area contributed by atoms with E-state index in [1.807, 2.05) is 0 Å². The number of rotatable bonds is 2. The molecule has 12 heavy (non-hydrogen) atoms. The van der Waals surface area contributed by atoms with E-state index in [-0.39, 0.29) is 17.1 Å². The Bertz CT molecular complexity index is 276. The maximum atomic E-state index is 10.4. The molecule has 0 unspecified atom stereocenters. The fraction of sp³-hybridized carbons (Fsp3) is 0.125. The molecule has 1 aromatic rings. The van der Waals surface area contributed by atoms with E-state index in [9.17, 15) is 4.79 Å². The number of hydrogen-bond acceptors (Lipinski definition) is 3. The van der Waals surface area contributed by atoms with Crippen LogP contribution in [0.2, 0.25) is 0 Å². The van der Waals surface area contributed by atoms with Gasteiger partial charge in [0.2, 0.25) is 0 Å². The first-order valence-electron chi connectivity index (χ1n) is 3.17. The summed E-state index contributed by atoms with van der Waals surface area (Å²) in [6.07, 6.45) is 0.706. The molecular weight excluding hydrogens is 198 g/mol. The molecule has 4 heteroatoms. The molecule has 0 aromatic heterocycles. The van der Waals surface area contributed by atoms with Crippen LogP contribution in [-0.2, 0) is 17.1 Å². The summed E-state index contributed by atoms with van der Waals surface area (Å²) in [5.41, 5.74) is 6.40. The van der Waals surface area contributed by atoms with Gasteiger partial charge in [0.1, 0.15) is 5.75 Å². The van der Waals surface area contributed by atoms with Crippen molar-refractivity contribution >= 4 is 12.0 Å². The number of nitrogens with two attached hydrogens (primary N) is 1. The number of methoxy groups -OCH3 is 1. The number of carbonyl (C=O) groups is 1. The van der Waals surface area contributed by atoms with Crippen molar-refractivity contribution in [1.82, 2.24) is 0 Å². The van der Waals surface area contributed by atoms with Gasteiger partial charge in [-0.1, -0.05) is 6.07 Å².